The molecule has 0 N–H and O–H groups in total. The van der Waals surface area contributed by atoms with E-state index in [1.165, 1.54) is 0 Å². The number of halogens is 2. The number of piperidine rings is 1. The Hall–Kier alpha value is -1.14. The van der Waals surface area contributed by atoms with Gasteiger partial charge in [0.1, 0.15) is 5.82 Å². The number of ether oxygens (including phenoxy) is 1. The molecule has 1 atom stereocenters. The van der Waals surface area contributed by atoms with Gasteiger partial charge in [0.15, 0.2) is 0 Å². The Morgan fingerprint density at radius 1 is 1.33 bits per heavy atom. The Morgan fingerprint density at radius 3 is 2.86 bits per heavy atom. The molecule has 0 aromatic carbocycles. The van der Waals surface area contributed by atoms with Crippen molar-refractivity contribution in [3.05, 3.63) is 23.8 Å². The summed E-state index contributed by atoms with van der Waals surface area (Å²) in [4.78, 5) is 11.0. The highest BCUT2D eigenvalue weighted by Gasteiger charge is 2.34. The van der Waals surface area contributed by atoms with Crippen LogP contribution in [0, 0.1) is 0 Å². The lowest BCUT2D eigenvalue weighted by Gasteiger charge is -2.31. The third-order valence-corrected chi connectivity index (χ3v) is 4.23. The lowest BCUT2D eigenvalue weighted by atomic mass is 10.0. The molecule has 4 nitrogen and oxygen atoms in total. The molecule has 0 spiro atoms. The zero-order chi connectivity index (χ0) is 14.7. The zero-order valence-electron chi connectivity index (χ0n) is 12.1. The Bertz CT molecular complexity index is 468. The number of hydrogen-bond donors (Lipinski definition) is 0. The maximum absolute atomic E-state index is 13.2. The molecule has 0 saturated carbocycles. The van der Waals surface area contributed by atoms with E-state index in [1.807, 2.05) is 11.0 Å². The monoisotopic (exact) mass is 297 g/mol. The molecule has 116 valence electrons. The molecular weight excluding hydrogens is 276 g/mol. The summed E-state index contributed by atoms with van der Waals surface area (Å²) < 4.78 is 31.8. The maximum atomic E-state index is 13.2. The predicted molar refractivity (Wildman–Crippen MR) is 74.3 cm³/mol. The quantitative estimate of drug-likeness (QED) is 0.859. The SMILES string of the molecule is FC1(F)CCN(Cc2ccnc(C3CCCOC3)n2)CC1. The summed E-state index contributed by atoms with van der Waals surface area (Å²) in [5.41, 5.74) is 0.913. The van der Waals surface area contributed by atoms with Crippen molar-refractivity contribution in [2.75, 3.05) is 26.3 Å². The first-order chi connectivity index (χ1) is 10.1. The average Bonchev–Trinajstić information content (AvgIpc) is 2.51. The lowest BCUT2D eigenvalue weighted by Crippen LogP contribution is -2.39. The van der Waals surface area contributed by atoms with Crippen molar-refractivity contribution in [2.24, 2.45) is 0 Å². The molecule has 3 heterocycles. The molecule has 0 radical (unpaired) electrons. The fourth-order valence-corrected chi connectivity index (χ4v) is 2.91. The lowest BCUT2D eigenvalue weighted by molar-refractivity contribution is -0.0568. The van der Waals surface area contributed by atoms with Crippen molar-refractivity contribution < 1.29 is 13.5 Å². The van der Waals surface area contributed by atoms with E-state index < -0.39 is 5.92 Å². The Morgan fingerprint density at radius 2 is 2.14 bits per heavy atom. The minimum Gasteiger partial charge on any atom is -0.381 e. The molecule has 3 rings (SSSR count). The van der Waals surface area contributed by atoms with E-state index in [-0.39, 0.29) is 18.8 Å². The fraction of sp³-hybridized carbons (Fsp3) is 0.733. The molecule has 2 aliphatic rings. The summed E-state index contributed by atoms with van der Waals surface area (Å²) in [5, 5.41) is 0. The maximum Gasteiger partial charge on any atom is 0.250 e. The fourth-order valence-electron chi connectivity index (χ4n) is 2.91. The highest BCUT2D eigenvalue weighted by atomic mass is 19.3. The Balaban J connectivity index is 1.61. The Kier molecular flexibility index (Phi) is 4.45. The standard InChI is InChI=1S/C15H21F2N3O/c16-15(17)4-7-20(8-5-15)10-13-3-6-18-14(19-13)12-2-1-9-21-11-12/h3,6,12H,1-2,4-5,7-11H2. The number of alkyl halides is 2. The van der Waals surface area contributed by atoms with Crippen molar-refractivity contribution in [3.8, 4) is 0 Å². The first kappa shape index (κ1) is 14.8. The smallest absolute Gasteiger partial charge is 0.250 e. The van der Waals surface area contributed by atoms with Gasteiger partial charge in [0.25, 0.3) is 5.92 Å². The third kappa shape index (κ3) is 3.95. The topological polar surface area (TPSA) is 38.2 Å². The second kappa shape index (κ2) is 6.32. The van der Waals surface area contributed by atoms with Crippen LogP contribution in [0.25, 0.3) is 0 Å². The van der Waals surface area contributed by atoms with Crippen LogP contribution in [0.1, 0.15) is 43.1 Å². The van der Waals surface area contributed by atoms with Gasteiger partial charge in [-0.15, -0.1) is 0 Å². The molecule has 1 aromatic rings. The van der Waals surface area contributed by atoms with Gasteiger partial charge in [-0.05, 0) is 18.9 Å². The summed E-state index contributed by atoms with van der Waals surface area (Å²) in [5.74, 6) is -1.40. The number of aromatic nitrogens is 2. The molecule has 1 aromatic heterocycles. The molecule has 2 saturated heterocycles. The number of nitrogens with zero attached hydrogens (tertiary/aromatic N) is 3. The van der Waals surface area contributed by atoms with E-state index in [2.05, 4.69) is 9.97 Å². The second-order valence-corrected chi connectivity index (χ2v) is 5.95. The van der Waals surface area contributed by atoms with Crippen LogP contribution in [0.2, 0.25) is 0 Å². The van der Waals surface area contributed by atoms with Crippen LogP contribution in [0.5, 0.6) is 0 Å². The van der Waals surface area contributed by atoms with E-state index in [0.29, 0.717) is 26.2 Å². The van der Waals surface area contributed by atoms with E-state index in [4.69, 9.17) is 4.74 Å². The number of hydrogen-bond acceptors (Lipinski definition) is 4. The van der Waals surface area contributed by atoms with Crippen molar-refractivity contribution >= 4 is 0 Å². The van der Waals surface area contributed by atoms with Gasteiger partial charge in [0.2, 0.25) is 0 Å². The zero-order valence-corrected chi connectivity index (χ0v) is 12.1. The first-order valence-corrected chi connectivity index (χ1v) is 7.62. The van der Waals surface area contributed by atoms with Gasteiger partial charge in [0, 0.05) is 51.2 Å². The van der Waals surface area contributed by atoms with Crippen LogP contribution < -0.4 is 0 Å². The van der Waals surface area contributed by atoms with E-state index in [1.54, 1.807) is 6.20 Å². The largest absolute Gasteiger partial charge is 0.381 e. The molecular formula is C15H21F2N3O. The van der Waals surface area contributed by atoms with Crippen LogP contribution in [0.3, 0.4) is 0 Å². The van der Waals surface area contributed by atoms with Crippen molar-refractivity contribution in [2.45, 2.75) is 44.1 Å². The normalized spacial score (nSPS) is 26.7. The van der Waals surface area contributed by atoms with Crippen molar-refractivity contribution in [1.82, 2.24) is 14.9 Å². The minimum atomic E-state index is -2.49. The predicted octanol–water partition coefficient (Wildman–Crippen LogP) is 2.60. The first-order valence-electron chi connectivity index (χ1n) is 7.62. The average molecular weight is 297 g/mol. The Labute approximate surface area is 123 Å². The van der Waals surface area contributed by atoms with Crippen LogP contribution in [-0.2, 0) is 11.3 Å². The molecule has 0 bridgehead atoms. The number of rotatable bonds is 3. The third-order valence-electron chi connectivity index (χ3n) is 4.23. The van der Waals surface area contributed by atoms with Gasteiger partial charge in [-0.2, -0.15) is 0 Å². The van der Waals surface area contributed by atoms with Crippen LogP contribution >= 0.6 is 0 Å². The summed E-state index contributed by atoms with van der Waals surface area (Å²) in [6.07, 6.45) is 3.76. The summed E-state index contributed by atoms with van der Waals surface area (Å²) >= 11 is 0. The molecule has 2 aliphatic heterocycles. The van der Waals surface area contributed by atoms with Gasteiger partial charge in [-0.1, -0.05) is 0 Å². The van der Waals surface area contributed by atoms with E-state index in [9.17, 15) is 8.78 Å². The molecule has 21 heavy (non-hydrogen) atoms. The van der Waals surface area contributed by atoms with Crippen LogP contribution in [0.15, 0.2) is 12.3 Å². The number of likely N-dealkylation sites (tertiary alicyclic amines) is 1. The van der Waals surface area contributed by atoms with Crippen LogP contribution in [-0.4, -0.2) is 47.1 Å². The van der Waals surface area contributed by atoms with Gasteiger partial charge in [-0.25, -0.2) is 18.7 Å². The van der Waals surface area contributed by atoms with E-state index >= 15 is 0 Å². The van der Waals surface area contributed by atoms with E-state index in [0.717, 1.165) is 31.0 Å². The highest BCUT2D eigenvalue weighted by Crippen LogP contribution is 2.28. The highest BCUT2D eigenvalue weighted by molar-refractivity contribution is 5.06. The van der Waals surface area contributed by atoms with Gasteiger partial charge < -0.3 is 4.74 Å². The molecule has 6 heteroatoms. The minimum absolute atomic E-state index is 0.0542. The summed E-state index contributed by atoms with van der Waals surface area (Å²) in [6.45, 7) is 2.98. The summed E-state index contributed by atoms with van der Waals surface area (Å²) in [6, 6.07) is 1.87. The van der Waals surface area contributed by atoms with Crippen molar-refractivity contribution in [1.29, 1.82) is 0 Å². The summed E-state index contributed by atoms with van der Waals surface area (Å²) in [7, 11) is 0. The molecule has 0 amide bonds. The molecule has 1 unspecified atom stereocenters. The molecule has 2 fully saturated rings. The van der Waals surface area contributed by atoms with Gasteiger partial charge in [0.05, 0.1) is 12.3 Å². The van der Waals surface area contributed by atoms with Gasteiger partial charge in [-0.3, -0.25) is 4.90 Å². The van der Waals surface area contributed by atoms with Gasteiger partial charge >= 0.3 is 0 Å². The van der Waals surface area contributed by atoms with Crippen LogP contribution in [0.4, 0.5) is 8.78 Å². The van der Waals surface area contributed by atoms with Crippen molar-refractivity contribution in [3.63, 3.8) is 0 Å². The second-order valence-electron chi connectivity index (χ2n) is 5.95. The molecule has 0 aliphatic carbocycles.